The van der Waals surface area contributed by atoms with Crippen molar-refractivity contribution in [1.29, 1.82) is 0 Å². The molecule has 0 atom stereocenters. The Morgan fingerprint density at radius 2 is 1.55 bits per heavy atom. The SMILES string of the molecule is O=C(Oc1ccccc1/C=N/NC(=O)c1ccccc1O)c1cc([N+](=O)[O-])cc([N+](=O)[O-])c1. The van der Waals surface area contributed by atoms with Crippen molar-refractivity contribution in [3.63, 3.8) is 0 Å². The van der Waals surface area contributed by atoms with E-state index in [-0.39, 0.29) is 22.6 Å². The van der Waals surface area contributed by atoms with E-state index in [0.29, 0.717) is 0 Å². The molecule has 0 aromatic heterocycles. The molecule has 0 aliphatic rings. The van der Waals surface area contributed by atoms with E-state index in [9.17, 15) is 34.9 Å². The number of phenolic OH excluding ortho intramolecular Hbond substituents is 1. The molecule has 33 heavy (non-hydrogen) atoms. The second kappa shape index (κ2) is 9.78. The minimum Gasteiger partial charge on any atom is -0.507 e. The molecule has 0 aliphatic carbocycles. The molecule has 3 aromatic rings. The van der Waals surface area contributed by atoms with Gasteiger partial charge < -0.3 is 9.84 Å². The molecule has 12 nitrogen and oxygen atoms in total. The molecule has 12 heteroatoms. The van der Waals surface area contributed by atoms with Crippen molar-refractivity contribution in [3.05, 3.63) is 104 Å². The summed E-state index contributed by atoms with van der Waals surface area (Å²) in [6, 6.07) is 14.3. The molecule has 0 heterocycles. The number of esters is 1. The molecule has 0 radical (unpaired) electrons. The van der Waals surface area contributed by atoms with E-state index in [2.05, 4.69) is 10.5 Å². The number of para-hydroxylation sites is 2. The third-order valence-electron chi connectivity index (χ3n) is 4.20. The summed E-state index contributed by atoms with van der Waals surface area (Å²) in [7, 11) is 0. The fourth-order valence-corrected chi connectivity index (χ4v) is 2.65. The minimum atomic E-state index is -1.07. The Balaban J connectivity index is 1.80. The maximum Gasteiger partial charge on any atom is 0.344 e. The quantitative estimate of drug-likeness (QED) is 0.181. The summed E-state index contributed by atoms with van der Waals surface area (Å²) in [4.78, 5) is 44.9. The molecule has 1 amide bonds. The summed E-state index contributed by atoms with van der Waals surface area (Å²) >= 11 is 0. The lowest BCUT2D eigenvalue weighted by molar-refractivity contribution is -0.394. The average Bonchev–Trinajstić information content (AvgIpc) is 2.80. The van der Waals surface area contributed by atoms with Crippen LogP contribution in [0, 0.1) is 20.2 Å². The molecule has 166 valence electrons. The number of hydrogen-bond donors (Lipinski definition) is 2. The van der Waals surface area contributed by atoms with Crippen LogP contribution in [0.5, 0.6) is 11.5 Å². The zero-order chi connectivity index (χ0) is 24.0. The van der Waals surface area contributed by atoms with Gasteiger partial charge in [-0.3, -0.25) is 25.0 Å². The van der Waals surface area contributed by atoms with Gasteiger partial charge in [-0.2, -0.15) is 5.10 Å². The fourth-order valence-electron chi connectivity index (χ4n) is 2.65. The van der Waals surface area contributed by atoms with Gasteiger partial charge in [0.15, 0.2) is 0 Å². The van der Waals surface area contributed by atoms with Gasteiger partial charge in [0.2, 0.25) is 0 Å². The molecule has 0 spiro atoms. The van der Waals surface area contributed by atoms with Crippen LogP contribution in [-0.4, -0.2) is 33.0 Å². The number of carbonyl (C=O) groups excluding carboxylic acids is 2. The Kier molecular flexibility index (Phi) is 6.69. The largest absolute Gasteiger partial charge is 0.507 e. The standard InChI is InChI=1S/C21H14N4O8/c26-18-7-3-2-6-17(18)20(27)23-22-12-13-5-1-4-8-19(13)33-21(28)14-9-15(24(29)30)11-16(10-14)25(31)32/h1-12,26H,(H,23,27)/b22-12+. The summed E-state index contributed by atoms with van der Waals surface area (Å²) in [5, 5.41) is 35.5. The topological polar surface area (TPSA) is 174 Å². The first kappa shape index (κ1) is 22.6. The number of carbonyl (C=O) groups is 2. The van der Waals surface area contributed by atoms with Gasteiger partial charge in [0, 0.05) is 17.7 Å². The van der Waals surface area contributed by atoms with Gasteiger partial charge in [0.1, 0.15) is 11.5 Å². The number of ether oxygens (including phenoxy) is 1. The van der Waals surface area contributed by atoms with Crippen molar-refractivity contribution >= 4 is 29.5 Å². The van der Waals surface area contributed by atoms with Crippen LogP contribution >= 0.6 is 0 Å². The van der Waals surface area contributed by atoms with Gasteiger partial charge in [-0.05, 0) is 24.3 Å². The highest BCUT2D eigenvalue weighted by Gasteiger charge is 2.21. The summed E-state index contributed by atoms with van der Waals surface area (Å²) < 4.78 is 5.23. The van der Waals surface area contributed by atoms with Crippen molar-refractivity contribution < 1.29 is 29.3 Å². The van der Waals surface area contributed by atoms with Crippen LogP contribution in [-0.2, 0) is 0 Å². The number of nitro groups is 2. The van der Waals surface area contributed by atoms with E-state index >= 15 is 0 Å². The van der Waals surface area contributed by atoms with Crippen molar-refractivity contribution in [3.8, 4) is 11.5 Å². The van der Waals surface area contributed by atoms with Crippen molar-refractivity contribution in [2.75, 3.05) is 0 Å². The van der Waals surface area contributed by atoms with Gasteiger partial charge in [-0.25, -0.2) is 10.2 Å². The lowest BCUT2D eigenvalue weighted by atomic mass is 10.1. The molecule has 0 bridgehead atoms. The third-order valence-corrected chi connectivity index (χ3v) is 4.20. The molecule has 0 fully saturated rings. The van der Waals surface area contributed by atoms with E-state index in [1.165, 1.54) is 36.5 Å². The van der Waals surface area contributed by atoms with Crippen molar-refractivity contribution in [2.45, 2.75) is 0 Å². The predicted molar refractivity (Wildman–Crippen MR) is 114 cm³/mol. The predicted octanol–water partition coefficient (Wildman–Crippen LogP) is 3.19. The van der Waals surface area contributed by atoms with Crippen LogP contribution < -0.4 is 10.2 Å². The Bertz CT molecular complexity index is 1260. The number of hydrazone groups is 1. The first-order chi connectivity index (χ1) is 15.8. The first-order valence-corrected chi connectivity index (χ1v) is 9.12. The number of nitrogens with zero attached hydrogens (tertiary/aromatic N) is 3. The Morgan fingerprint density at radius 3 is 2.18 bits per heavy atom. The Morgan fingerprint density at radius 1 is 0.939 bits per heavy atom. The molecule has 2 N–H and O–H groups in total. The van der Waals surface area contributed by atoms with Gasteiger partial charge in [-0.1, -0.05) is 24.3 Å². The number of phenols is 1. The summed E-state index contributed by atoms with van der Waals surface area (Å²) in [6.07, 6.45) is 1.18. The van der Waals surface area contributed by atoms with Gasteiger partial charge in [-0.15, -0.1) is 0 Å². The molecule has 3 rings (SSSR count). The van der Waals surface area contributed by atoms with Gasteiger partial charge in [0.25, 0.3) is 17.3 Å². The first-order valence-electron chi connectivity index (χ1n) is 9.12. The maximum absolute atomic E-state index is 12.5. The maximum atomic E-state index is 12.5. The van der Waals surface area contributed by atoms with E-state index in [4.69, 9.17) is 4.74 Å². The number of aromatic hydroxyl groups is 1. The van der Waals surface area contributed by atoms with Crippen LogP contribution in [0.25, 0.3) is 0 Å². The number of non-ortho nitro benzene ring substituents is 2. The molecule has 0 aliphatic heterocycles. The van der Waals surface area contributed by atoms with Crippen LogP contribution in [0.2, 0.25) is 0 Å². The van der Waals surface area contributed by atoms with Crippen LogP contribution in [0.1, 0.15) is 26.3 Å². The normalized spacial score (nSPS) is 10.5. The lowest BCUT2D eigenvalue weighted by Crippen LogP contribution is -2.17. The third kappa shape index (κ3) is 5.52. The molecule has 0 saturated heterocycles. The highest BCUT2D eigenvalue weighted by Crippen LogP contribution is 2.25. The second-order valence-electron chi connectivity index (χ2n) is 6.40. The Labute approximate surface area is 185 Å². The zero-order valence-electron chi connectivity index (χ0n) is 16.6. The number of nitrogens with one attached hydrogen (secondary N) is 1. The number of hydrogen-bond acceptors (Lipinski definition) is 9. The molecular weight excluding hydrogens is 436 g/mol. The van der Waals surface area contributed by atoms with E-state index in [0.717, 1.165) is 18.2 Å². The Hall–Kier alpha value is -5.13. The number of amides is 1. The smallest absolute Gasteiger partial charge is 0.344 e. The minimum absolute atomic E-state index is 0.00151. The van der Waals surface area contributed by atoms with Crippen LogP contribution in [0.4, 0.5) is 11.4 Å². The van der Waals surface area contributed by atoms with Crippen molar-refractivity contribution in [2.24, 2.45) is 5.10 Å². The summed E-state index contributed by atoms with van der Waals surface area (Å²) in [6.45, 7) is 0. The number of rotatable bonds is 7. The summed E-state index contributed by atoms with van der Waals surface area (Å²) in [5.74, 6) is -1.99. The highest BCUT2D eigenvalue weighted by atomic mass is 16.6. The van der Waals surface area contributed by atoms with E-state index < -0.39 is 38.7 Å². The monoisotopic (exact) mass is 450 g/mol. The number of benzene rings is 3. The molecule has 0 unspecified atom stereocenters. The van der Waals surface area contributed by atoms with Crippen LogP contribution in [0.3, 0.4) is 0 Å². The molecular formula is C21H14N4O8. The second-order valence-corrected chi connectivity index (χ2v) is 6.40. The molecule has 3 aromatic carbocycles. The zero-order valence-corrected chi connectivity index (χ0v) is 16.6. The number of nitro benzene ring substituents is 2. The summed E-state index contributed by atoms with van der Waals surface area (Å²) in [5.41, 5.74) is 0.800. The van der Waals surface area contributed by atoms with Gasteiger partial charge in [0.05, 0.1) is 33.3 Å². The van der Waals surface area contributed by atoms with E-state index in [1.807, 2.05) is 0 Å². The molecule has 0 saturated carbocycles. The van der Waals surface area contributed by atoms with E-state index in [1.54, 1.807) is 18.2 Å². The fraction of sp³-hybridized carbons (Fsp3) is 0. The van der Waals surface area contributed by atoms with Crippen molar-refractivity contribution in [1.82, 2.24) is 5.43 Å². The average molecular weight is 450 g/mol. The van der Waals surface area contributed by atoms with Gasteiger partial charge >= 0.3 is 5.97 Å². The van der Waals surface area contributed by atoms with Crippen LogP contribution in [0.15, 0.2) is 71.8 Å². The lowest BCUT2D eigenvalue weighted by Gasteiger charge is -2.07. The highest BCUT2D eigenvalue weighted by molar-refractivity contribution is 5.98.